The van der Waals surface area contributed by atoms with E-state index in [-0.39, 0.29) is 37.5 Å². The number of ether oxygens (including phenoxy) is 7. The molecular formula is C44H58N4O13S. The van der Waals surface area contributed by atoms with Crippen molar-refractivity contribution in [1.82, 2.24) is 19.8 Å². The quantitative estimate of drug-likeness (QED) is 0.0913. The summed E-state index contributed by atoms with van der Waals surface area (Å²) < 4.78 is 67.2. The second kappa shape index (κ2) is 25.7. The molecule has 338 valence electrons. The molecule has 18 heteroatoms. The zero-order valence-electron chi connectivity index (χ0n) is 35.2. The fourth-order valence-corrected chi connectivity index (χ4v) is 8.46. The molecule has 3 aromatic carbocycles. The van der Waals surface area contributed by atoms with Gasteiger partial charge in [0.1, 0.15) is 24.4 Å². The first-order chi connectivity index (χ1) is 30.1. The number of rotatable bonds is 25. The third-order valence-corrected chi connectivity index (χ3v) is 12.0. The molecule has 0 saturated carbocycles. The molecule has 2 N–H and O–H groups in total. The molecule has 0 aliphatic carbocycles. The lowest BCUT2D eigenvalue weighted by Gasteiger charge is -2.25. The summed E-state index contributed by atoms with van der Waals surface area (Å²) in [5, 5.41) is 5.42. The lowest BCUT2D eigenvalue weighted by atomic mass is 10.0. The van der Waals surface area contributed by atoms with E-state index in [9.17, 15) is 27.6 Å². The van der Waals surface area contributed by atoms with Crippen molar-refractivity contribution >= 4 is 34.1 Å². The first-order valence-electron chi connectivity index (χ1n) is 20.9. The number of nitrogens with zero attached hydrogens (tertiary/aromatic N) is 2. The van der Waals surface area contributed by atoms with Gasteiger partial charge in [-0.3, -0.25) is 4.79 Å². The van der Waals surface area contributed by atoms with Crippen LogP contribution in [0.5, 0.6) is 5.75 Å². The van der Waals surface area contributed by atoms with Gasteiger partial charge in [-0.15, -0.1) is 0 Å². The van der Waals surface area contributed by atoms with Crippen LogP contribution in [0.3, 0.4) is 0 Å². The number of esters is 1. The minimum Gasteiger partial charge on any atom is -0.467 e. The first-order valence-corrected chi connectivity index (χ1v) is 22.4. The Morgan fingerprint density at radius 3 is 2.05 bits per heavy atom. The number of benzene rings is 3. The number of likely N-dealkylation sites (tertiary alicyclic amines) is 1. The Morgan fingerprint density at radius 2 is 1.39 bits per heavy atom. The molecule has 17 nitrogen and oxygen atoms in total. The largest absolute Gasteiger partial charge is 0.467 e. The van der Waals surface area contributed by atoms with E-state index in [4.69, 9.17) is 33.2 Å². The number of alkyl carbamates (subject to hydrolysis) is 1. The molecule has 0 unspecified atom stereocenters. The molecule has 2 aliphatic rings. The predicted molar refractivity (Wildman–Crippen MR) is 226 cm³/mol. The third kappa shape index (κ3) is 15.7. The van der Waals surface area contributed by atoms with Gasteiger partial charge in [-0.25, -0.2) is 22.8 Å². The Bertz CT molecular complexity index is 1930. The highest BCUT2D eigenvalue weighted by Crippen LogP contribution is 2.29. The molecule has 3 aromatic rings. The van der Waals surface area contributed by atoms with Crippen LogP contribution in [-0.2, 0) is 61.1 Å². The highest BCUT2D eigenvalue weighted by molar-refractivity contribution is 7.89. The van der Waals surface area contributed by atoms with Gasteiger partial charge in [0.15, 0.2) is 0 Å². The zero-order valence-corrected chi connectivity index (χ0v) is 36.0. The van der Waals surface area contributed by atoms with Crippen molar-refractivity contribution in [2.24, 2.45) is 0 Å². The SMILES string of the molecule is COC(=O)[C@H](Cc1ccc(OC(=O)N2CCCC2)cc1)NC(=O)[C@@H]1C[C@H](OCCCOCCOCCOCCCNC(=O)OCc2ccccc2)CN1S(=O)(=O)c1ccccc1. The molecule has 2 aliphatic heterocycles. The number of hydrogen-bond donors (Lipinski definition) is 2. The van der Waals surface area contributed by atoms with Crippen LogP contribution in [0, 0.1) is 0 Å². The number of carbonyl (C=O) groups is 4. The van der Waals surface area contributed by atoms with Crippen molar-refractivity contribution in [1.29, 1.82) is 0 Å². The van der Waals surface area contributed by atoms with E-state index in [1.54, 1.807) is 47.4 Å². The van der Waals surface area contributed by atoms with E-state index in [0.29, 0.717) is 83.4 Å². The van der Waals surface area contributed by atoms with Crippen LogP contribution in [0.2, 0.25) is 0 Å². The van der Waals surface area contributed by atoms with E-state index in [1.807, 2.05) is 30.3 Å². The number of amides is 3. The minimum absolute atomic E-state index is 0.0296. The topological polar surface area (TPSA) is 198 Å². The summed E-state index contributed by atoms with van der Waals surface area (Å²) in [7, 11) is -2.91. The Hall–Kier alpha value is -5.11. The standard InChI is InChI=1S/C44H58N4O13S/c1-55-42(50)39(30-34-16-18-36(19-17-34)61-44(52)47-21-8-9-22-47)46-41(49)40-31-37(32-48(40)62(53,54)38-14-6-3-7-15-38)59-25-11-24-57-27-29-58-28-26-56-23-10-20-45-43(51)60-33-35-12-4-2-5-13-35/h2-7,12-19,37,39-40H,8-11,20-33H2,1H3,(H,45,51)(H,46,49)/t37-,39-,40-/m0/s1. The van der Waals surface area contributed by atoms with Gasteiger partial charge >= 0.3 is 18.2 Å². The van der Waals surface area contributed by atoms with Crippen molar-refractivity contribution in [3.8, 4) is 5.75 Å². The van der Waals surface area contributed by atoms with Crippen LogP contribution in [0.1, 0.15) is 43.2 Å². The molecule has 3 atom stereocenters. The predicted octanol–water partition coefficient (Wildman–Crippen LogP) is 4.09. The van der Waals surface area contributed by atoms with Crippen LogP contribution >= 0.6 is 0 Å². The Morgan fingerprint density at radius 1 is 0.758 bits per heavy atom. The average molecular weight is 883 g/mol. The lowest BCUT2D eigenvalue weighted by molar-refractivity contribution is -0.145. The molecule has 2 fully saturated rings. The molecule has 62 heavy (non-hydrogen) atoms. The van der Waals surface area contributed by atoms with Crippen molar-refractivity contribution < 1.29 is 60.8 Å². The number of carbonyl (C=O) groups excluding carboxylic acids is 4. The summed E-state index contributed by atoms with van der Waals surface area (Å²) in [4.78, 5) is 52.7. The van der Waals surface area contributed by atoms with Gasteiger partial charge in [-0.1, -0.05) is 60.7 Å². The lowest BCUT2D eigenvalue weighted by Crippen LogP contribution is -2.51. The molecule has 2 saturated heterocycles. The molecule has 3 amide bonds. The summed E-state index contributed by atoms with van der Waals surface area (Å²) in [6, 6.07) is 21.6. The number of nitrogens with one attached hydrogen (secondary N) is 2. The molecule has 0 spiro atoms. The van der Waals surface area contributed by atoms with E-state index in [2.05, 4.69) is 10.6 Å². The van der Waals surface area contributed by atoms with Crippen LogP contribution < -0.4 is 15.4 Å². The van der Waals surface area contributed by atoms with Crippen molar-refractivity contribution in [2.75, 3.05) is 79.5 Å². The van der Waals surface area contributed by atoms with Crippen LogP contribution in [0.15, 0.2) is 89.8 Å². The molecule has 0 aromatic heterocycles. The summed E-state index contributed by atoms with van der Waals surface area (Å²) in [5.41, 5.74) is 1.57. The smallest absolute Gasteiger partial charge is 0.415 e. The van der Waals surface area contributed by atoms with Gasteiger partial charge in [0.25, 0.3) is 0 Å². The third-order valence-electron chi connectivity index (χ3n) is 10.1. The van der Waals surface area contributed by atoms with Gasteiger partial charge in [0.05, 0.1) is 44.5 Å². The van der Waals surface area contributed by atoms with Crippen LogP contribution in [0.25, 0.3) is 0 Å². The summed E-state index contributed by atoms with van der Waals surface area (Å²) in [5.74, 6) is -1.02. The summed E-state index contributed by atoms with van der Waals surface area (Å²) in [6.07, 6.45) is 1.66. The van der Waals surface area contributed by atoms with E-state index < -0.39 is 52.3 Å². The minimum atomic E-state index is -4.11. The fraction of sp³-hybridized carbons (Fsp3) is 0.500. The van der Waals surface area contributed by atoms with Gasteiger partial charge in [0.2, 0.25) is 15.9 Å². The second-order valence-corrected chi connectivity index (χ2v) is 16.5. The maximum atomic E-state index is 13.9. The Kier molecular flexibility index (Phi) is 19.9. The number of sulfonamides is 1. The first kappa shape index (κ1) is 47.9. The molecule has 5 rings (SSSR count). The molecule has 2 heterocycles. The molecule has 0 bridgehead atoms. The Labute approximate surface area is 363 Å². The van der Waals surface area contributed by atoms with Gasteiger partial charge < -0.3 is 48.7 Å². The fourth-order valence-electron chi connectivity index (χ4n) is 6.81. The maximum absolute atomic E-state index is 13.9. The van der Waals surface area contributed by atoms with Crippen molar-refractivity contribution in [3.05, 3.63) is 96.1 Å². The van der Waals surface area contributed by atoms with Crippen LogP contribution in [0.4, 0.5) is 9.59 Å². The van der Waals surface area contributed by atoms with Gasteiger partial charge in [-0.05, 0) is 61.1 Å². The zero-order chi connectivity index (χ0) is 44.0. The second-order valence-electron chi connectivity index (χ2n) is 14.7. The number of hydrogen-bond acceptors (Lipinski definition) is 13. The molecule has 0 radical (unpaired) electrons. The molecular weight excluding hydrogens is 825 g/mol. The van der Waals surface area contributed by atoms with Crippen LogP contribution in [-0.4, -0.2) is 139 Å². The van der Waals surface area contributed by atoms with Gasteiger partial charge in [0, 0.05) is 58.8 Å². The van der Waals surface area contributed by atoms with E-state index in [1.165, 1.54) is 19.2 Å². The summed E-state index contributed by atoms with van der Waals surface area (Å²) >= 11 is 0. The van der Waals surface area contributed by atoms with E-state index >= 15 is 0 Å². The average Bonchev–Trinajstić information content (AvgIpc) is 4.00. The van der Waals surface area contributed by atoms with Crippen molar-refractivity contribution in [3.63, 3.8) is 0 Å². The highest BCUT2D eigenvalue weighted by Gasteiger charge is 2.45. The van der Waals surface area contributed by atoms with Crippen molar-refractivity contribution in [2.45, 2.75) is 68.2 Å². The normalized spacial score (nSPS) is 17.0. The number of methoxy groups -OCH3 is 1. The van der Waals surface area contributed by atoms with E-state index in [0.717, 1.165) is 22.7 Å². The maximum Gasteiger partial charge on any atom is 0.415 e. The monoisotopic (exact) mass is 882 g/mol. The summed E-state index contributed by atoms with van der Waals surface area (Å²) in [6.45, 7) is 4.53. The highest BCUT2D eigenvalue weighted by atomic mass is 32.2. The van der Waals surface area contributed by atoms with Gasteiger partial charge in [-0.2, -0.15) is 4.31 Å². The Balaban J connectivity index is 0.995.